The number of hydrogen-bond donors (Lipinski definition) is 1. The summed E-state index contributed by atoms with van der Waals surface area (Å²) in [6, 6.07) is 0. The van der Waals surface area contributed by atoms with Crippen LogP contribution in [0.3, 0.4) is 0 Å². The molecule has 3 nitrogen and oxygen atoms in total. The molecular formula is C15H25N3. The molecule has 1 aliphatic rings. The molecule has 0 aliphatic heterocycles. The molecule has 0 saturated heterocycles. The maximum atomic E-state index is 4.56. The summed E-state index contributed by atoms with van der Waals surface area (Å²) < 4.78 is 0. The molecule has 2 atom stereocenters. The van der Waals surface area contributed by atoms with Gasteiger partial charge in [0.05, 0.1) is 0 Å². The van der Waals surface area contributed by atoms with Crippen molar-refractivity contribution in [2.75, 3.05) is 6.54 Å². The van der Waals surface area contributed by atoms with Crippen LogP contribution in [0.4, 0.5) is 0 Å². The minimum atomic E-state index is 0.604. The minimum Gasteiger partial charge on any atom is -0.313 e. The molecule has 1 aromatic rings. The van der Waals surface area contributed by atoms with Crippen LogP contribution < -0.4 is 5.32 Å². The van der Waals surface area contributed by atoms with Gasteiger partial charge in [0.1, 0.15) is 5.82 Å². The molecule has 1 saturated carbocycles. The van der Waals surface area contributed by atoms with Crippen molar-refractivity contribution in [3.8, 4) is 0 Å². The largest absolute Gasteiger partial charge is 0.313 e. The van der Waals surface area contributed by atoms with E-state index in [9.17, 15) is 0 Å². The first kappa shape index (κ1) is 13.5. The molecule has 0 bridgehead atoms. The van der Waals surface area contributed by atoms with Crippen molar-refractivity contribution in [3.05, 3.63) is 23.8 Å². The van der Waals surface area contributed by atoms with Crippen molar-refractivity contribution in [2.24, 2.45) is 5.92 Å². The molecule has 1 aromatic heterocycles. The molecule has 0 aromatic carbocycles. The summed E-state index contributed by atoms with van der Waals surface area (Å²) in [4.78, 5) is 9.11. The van der Waals surface area contributed by atoms with E-state index in [1.165, 1.54) is 37.7 Å². The number of nitrogens with zero attached hydrogens (tertiary/aromatic N) is 2. The molecule has 1 fully saturated rings. The molecule has 18 heavy (non-hydrogen) atoms. The lowest BCUT2D eigenvalue weighted by molar-refractivity contribution is 0.516. The van der Waals surface area contributed by atoms with Crippen LogP contribution >= 0.6 is 0 Å². The lowest BCUT2D eigenvalue weighted by Gasteiger charge is -2.09. The smallest absolute Gasteiger partial charge is 0.131 e. The number of hydrogen-bond acceptors (Lipinski definition) is 3. The Balaban J connectivity index is 1.87. The van der Waals surface area contributed by atoms with E-state index in [0.717, 1.165) is 24.8 Å². The van der Waals surface area contributed by atoms with Gasteiger partial charge < -0.3 is 5.32 Å². The highest BCUT2D eigenvalue weighted by Crippen LogP contribution is 2.37. The fourth-order valence-corrected chi connectivity index (χ4v) is 2.76. The van der Waals surface area contributed by atoms with Crippen LogP contribution in [-0.2, 0) is 6.54 Å². The van der Waals surface area contributed by atoms with Crippen LogP contribution in [-0.4, -0.2) is 16.5 Å². The summed E-state index contributed by atoms with van der Waals surface area (Å²) in [7, 11) is 0. The highest BCUT2D eigenvalue weighted by Gasteiger charge is 2.26. The Morgan fingerprint density at radius 2 is 2.00 bits per heavy atom. The highest BCUT2D eigenvalue weighted by atomic mass is 14.9. The van der Waals surface area contributed by atoms with Crippen molar-refractivity contribution in [2.45, 2.75) is 58.4 Å². The second-order valence-corrected chi connectivity index (χ2v) is 5.41. The molecule has 1 N–H and O–H groups in total. The second-order valence-electron chi connectivity index (χ2n) is 5.41. The zero-order valence-corrected chi connectivity index (χ0v) is 11.7. The van der Waals surface area contributed by atoms with Crippen molar-refractivity contribution >= 4 is 0 Å². The fraction of sp³-hybridized carbons (Fsp3) is 0.733. The molecule has 3 heteroatoms. The molecule has 1 aliphatic carbocycles. The van der Waals surface area contributed by atoms with Gasteiger partial charge >= 0.3 is 0 Å². The highest BCUT2D eigenvalue weighted by molar-refractivity contribution is 5.08. The Hall–Kier alpha value is -0.960. The summed E-state index contributed by atoms with van der Waals surface area (Å²) in [5, 5.41) is 3.38. The summed E-state index contributed by atoms with van der Waals surface area (Å²) in [5.74, 6) is 2.56. The first-order valence-corrected chi connectivity index (χ1v) is 7.35. The van der Waals surface area contributed by atoms with E-state index in [1.807, 2.05) is 12.4 Å². The van der Waals surface area contributed by atoms with Gasteiger partial charge in [0, 0.05) is 30.4 Å². The topological polar surface area (TPSA) is 37.8 Å². The minimum absolute atomic E-state index is 0.604. The number of aromatic nitrogens is 2. The fourth-order valence-electron chi connectivity index (χ4n) is 2.76. The van der Waals surface area contributed by atoms with Crippen molar-refractivity contribution in [1.29, 1.82) is 0 Å². The zero-order valence-electron chi connectivity index (χ0n) is 11.7. The molecule has 0 spiro atoms. The third-order valence-corrected chi connectivity index (χ3v) is 3.96. The van der Waals surface area contributed by atoms with Crippen LogP contribution in [0.25, 0.3) is 0 Å². The second kappa shape index (κ2) is 6.83. The zero-order chi connectivity index (χ0) is 12.8. The first-order valence-electron chi connectivity index (χ1n) is 7.35. The first-order chi connectivity index (χ1) is 8.83. The third kappa shape index (κ3) is 3.52. The third-order valence-electron chi connectivity index (χ3n) is 3.96. The maximum absolute atomic E-state index is 4.56. The quantitative estimate of drug-likeness (QED) is 0.784. The van der Waals surface area contributed by atoms with Gasteiger partial charge in [0.25, 0.3) is 0 Å². The van der Waals surface area contributed by atoms with E-state index in [4.69, 9.17) is 0 Å². The monoisotopic (exact) mass is 247 g/mol. The van der Waals surface area contributed by atoms with Crippen molar-refractivity contribution < 1.29 is 0 Å². The van der Waals surface area contributed by atoms with Crippen LogP contribution in [0, 0.1) is 5.92 Å². The van der Waals surface area contributed by atoms with Crippen LogP contribution in [0.5, 0.6) is 0 Å². The summed E-state index contributed by atoms with van der Waals surface area (Å²) in [6.45, 7) is 6.41. The van der Waals surface area contributed by atoms with E-state index in [2.05, 4.69) is 29.1 Å². The molecule has 0 amide bonds. The lowest BCUT2D eigenvalue weighted by Crippen LogP contribution is -2.14. The predicted octanol–water partition coefficient (Wildman–Crippen LogP) is 3.27. The number of rotatable bonds is 6. The van der Waals surface area contributed by atoms with E-state index >= 15 is 0 Å². The Morgan fingerprint density at radius 3 is 2.61 bits per heavy atom. The average molecular weight is 247 g/mol. The normalized spacial score (nSPS) is 23.4. The molecule has 0 radical (unpaired) electrons. The van der Waals surface area contributed by atoms with Gasteiger partial charge in [-0.1, -0.05) is 20.3 Å². The van der Waals surface area contributed by atoms with Gasteiger partial charge in [-0.25, -0.2) is 9.97 Å². The molecule has 1 heterocycles. The van der Waals surface area contributed by atoms with Gasteiger partial charge in [0.15, 0.2) is 0 Å². The van der Waals surface area contributed by atoms with Gasteiger partial charge in [-0.3, -0.25) is 0 Å². The molecule has 2 unspecified atom stereocenters. The standard InChI is InChI=1S/C15H25N3/c1-3-7-16-9-13-10-17-15(18-11-13)14-6-5-12(4-2)8-14/h10-12,14,16H,3-9H2,1-2H3. The lowest BCUT2D eigenvalue weighted by atomic mass is 10.0. The predicted molar refractivity (Wildman–Crippen MR) is 74.4 cm³/mol. The summed E-state index contributed by atoms with van der Waals surface area (Å²) in [5.41, 5.74) is 1.19. The van der Waals surface area contributed by atoms with E-state index < -0.39 is 0 Å². The van der Waals surface area contributed by atoms with Gasteiger partial charge in [-0.2, -0.15) is 0 Å². The van der Waals surface area contributed by atoms with Gasteiger partial charge in [0.2, 0.25) is 0 Å². The van der Waals surface area contributed by atoms with E-state index in [0.29, 0.717) is 5.92 Å². The maximum Gasteiger partial charge on any atom is 0.131 e. The van der Waals surface area contributed by atoms with Crippen LogP contribution in [0.15, 0.2) is 12.4 Å². The molecular weight excluding hydrogens is 222 g/mol. The van der Waals surface area contributed by atoms with Crippen molar-refractivity contribution in [1.82, 2.24) is 15.3 Å². The Labute approximate surface area is 110 Å². The Morgan fingerprint density at radius 1 is 1.22 bits per heavy atom. The van der Waals surface area contributed by atoms with Gasteiger partial charge in [-0.15, -0.1) is 0 Å². The Kier molecular flexibility index (Phi) is 5.12. The SMILES string of the molecule is CCCNCc1cnc(C2CCC(CC)C2)nc1. The number of nitrogens with one attached hydrogen (secondary N) is 1. The molecule has 2 rings (SSSR count). The van der Waals surface area contributed by atoms with Gasteiger partial charge in [-0.05, 0) is 38.1 Å². The summed E-state index contributed by atoms with van der Waals surface area (Å²) in [6.07, 6.45) is 10.4. The average Bonchev–Trinajstić information content (AvgIpc) is 2.89. The summed E-state index contributed by atoms with van der Waals surface area (Å²) >= 11 is 0. The van der Waals surface area contributed by atoms with Crippen molar-refractivity contribution in [3.63, 3.8) is 0 Å². The van der Waals surface area contributed by atoms with E-state index in [1.54, 1.807) is 0 Å². The molecule has 100 valence electrons. The van der Waals surface area contributed by atoms with Crippen LogP contribution in [0.2, 0.25) is 0 Å². The van der Waals surface area contributed by atoms with E-state index in [-0.39, 0.29) is 0 Å². The Bertz CT molecular complexity index is 347. The van der Waals surface area contributed by atoms with Crippen LogP contribution in [0.1, 0.15) is 63.3 Å².